The van der Waals surface area contributed by atoms with Crippen LogP contribution in [0.3, 0.4) is 0 Å². The van der Waals surface area contributed by atoms with Gasteiger partial charge in [0.05, 0.1) is 44.1 Å². The van der Waals surface area contributed by atoms with Crippen LogP contribution in [-0.4, -0.2) is 28.2 Å². The van der Waals surface area contributed by atoms with Gasteiger partial charge in [0, 0.05) is 61.0 Å². The van der Waals surface area contributed by atoms with Gasteiger partial charge in [0.25, 0.3) is 0 Å². The molecule has 0 radical (unpaired) electrons. The van der Waals surface area contributed by atoms with Crippen molar-refractivity contribution < 1.29 is 0 Å². The van der Waals surface area contributed by atoms with Gasteiger partial charge in [-0.15, -0.1) is 0 Å². The van der Waals surface area contributed by atoms with Gasteiger partial charge in [-0.25, -0.2) is 4.98 Å². The molecule has 0 aliphatic rings. The van der Waals surface area contributed by atoms with Crippen molar-refractivity contribution in [3.63, 3.8) is 0 Å². The monoisotopic (exact) mass is 892 g/mol. The standard InChI is InChI=1S/C64H40N6/c1-2-28-51(42(19-1)41-37-39-65-40-38-41)60-61(67-52-29-11-3-20-43(52)44-21-4-12-30-53(44)67)63(69-56-33-15-7-24-47(56)48-25-8-16-34-57(48)69)66-64(70-58-35-17-9-26-49(58)50-27-10-18-36-59(50)70)62(60)68-54-31-13-5-22-45(54)46-23-6-14-32-55(46)68/h1-40H. The summed E-state index contributed by atoms with van der Waals surface area (Å²) in [5.74, 6) is 1.62. The molecule has 15 rings (SSSR count). The van der Waals surface area contributed by atoms with Crippen LogP contribution in [0.25, 0.3) is 132 Å². The quantitative estimate of drug-likeness (QED) is 0.167. The summed E-state index contributed by atoms with van der Waals surface area (Å²) in [6.07, 6.45) is 3.79. The molecule has 326 valence electrons. The van der Waals surface area contributed by atoms with Gasteiger partial charge in [-0.1, -0.05) is 170 Å². The lowest BCUT2D eigenvalue weighted by atomic mass is 9.92. The van der Waals surface area contributed by atoms with Crippen LogP contribution in [0.5, 0.6) is 0 Å². The van der Waals surface area contributed by atoms with Crippen LogP contribution in [0.1, 0.15) is 0 Å². The third-order valence-electron chi connectivity index (χ3n) is 14.5. The minimum atomic E-state index is 0.810. The van der Waals surface area contributed by atoms with E-state index in [0.29, 0.717) is 0 Å². The Labute approximate surface area is 401 Å². The van der Waals surface area contributed by atoms with Crippen molar-refractivity contribution >= 4 is 87.2 Å². The summed E-state index contributed by atoms with van der Waals surface area (Å²) in [5.41, 5.74) is 14.8. The summed E-state index contributed by atoms with van der Waals surface area (Å²) < 4.78 is 9.86. The fourth-order valence-corrected chi connectivity index (χ4v) is 11.6. The predicted octanol–water partition coefficient (Wildman–Crippen LogP) is 16.2. The number of para-hydroxylation sites is 8. The van der Waals surface area contributed by atoms with E-state index in [0.717, 1.165) is 111 Å². The predicted molar refractivity (Wildman–Crippen MR) is 290 cm³/mol. The lowest BCUT2D eigenvalue weighted by molar-refractivity contribution is 0.961. The van der Waals surface area contributed by atoms with E-state index in [2.05, 4.69) is 254 Å². The van der Waals surface area contributed by atoms with Gasteiger partial charge in [-0.05, 0) is 77.4 Å². The zero-order valence-corrected chi connectivity index (χ0v) is 37.8. The Kier molecular flexibility index (Phi) is 8.26. The van der Waals surface area contributed by atoms with Crippen LogP contribution in [0, 0.1) is 0 Å². The largest absolute Gasteiger partial charge is 0.305 e. The van der Waals surface area contributed by atoms with Crippen LogP contribution in [0.15, 0.2) is 243 Å². The molecule has 15 aromatic rings. The van der Waals surface area contributed by atoms with Crippen LogP contribution in [0.4, 0.5) is 0 Å². The van der Waals surface area contributed by atoms with E-state index in [4.69, 9.17) is 4.98 Å². The van der Waals surface area contributed by atoms with E-state index < -0.39 is 0 Å². The third-order valence-corrected chi connectivity index (χ3v) is 14.5. The maximum atomic E-state index is 6.36. The Morgan fingerprint density at radius 3 is 0.814 bits per heavy atom. The second kappa shape index (κ2) is 15.0. The first-order chi connectivity index (χ1) is 34.8. The van der Waals surface area contributed by atoms with Crippen LogP contribution >= 0.6 is 0 Å². The lowest BCUT2D eigenvalue weighted by Gasteiger charge is -2.27. The van der Waals surface area contributed by atoms with Crippen LogP contribution in [0.2, 0.25) is 0 Å². The fourth-order valence-electron chi connectivity index (χ4n) is 11.6. The smallest absolute Gasteiger partial charge is 0.165 e. The summed E-state index contributed by atoms with van der Waals surface area (Å²) in [7, 11) is 0. The van der Waals surface area contributed by atoms with Gasteiger partial charge in [0.15, 0.2) is 11.6 Å². The Balaban J connectivity index is 1.30. The molecular weight excluding hydrogens is 853 g/mol. The first-order valence-corrected chi connectivity index (χ1v) is 23.8. The van der Waals surface area contributed by atoms with Crippen LogP contribution in [-0.2, 0) is 0 Å². The van der Waals surface area contributed by atoms with E-state index in [1.54, 1.807) is 0 Å². The van der Waals surface area contributed by atoms with Gasteiger partial charge in [-0.2, -0.15) is 0 Å². The van der Waals surface area contributed by atoms with Crippen molar-refractivity contribution in [2.45, 2.75) is 0 Å². The molecule has 9 aromatic carbocycles. The van der Waals surface area contributed by atoms with E-state index in [-0.39, 0.29) is 0 Å². The topological polar surface area (TPSA) is 45.5 Å². The number of fused-ring (bicyclic) bond motifs is 12. The van der Waals surface area contributed by atoms with Crippen LogP contribution < -0.4 is 0 Å². The third kappa shape index (κ3) is 5.38. The molecule has 0 unspecified atom stereocenters. The highest BCUT2D eigenvalue weighted by atomic mass is 15.2. The highest BCUT2D eigenvalue weighted by molar-refractivity contribution is 6.16. The second-order valence-electron chi connectivity index (χ2n) is 18.1. The highest BCUT2D eigenvalue weighted by Crippen LogP contribution is 2.50. The maximum absolute atomic E-state index is 6.36. The minimum absolute atomic E-state index is 0.810. The fraction of sp³-hybridized carbons (Fsp3) is 0. The van der Waals surface area contributed by atoms with Gasteiger partial charge < -0.3 is 9.13 Å². The first-order valence-electron chi connectivity index (χ1n) is 23.8. The molecule has 6 heteroatoms. The number of benzene rings is 9. The molecule has 0 spiro atoms. The van der Waals surface area contributed by atoms with Gasteiger partial charge in [-0.3, -0.25) is 14.1 Å². The molecule has 0 atom stereocenters. The number of aromatic nitrogens is 6. The van der Waals surface area contributed by atoms with Crippen molar-refractivity contribution in [3.8, 4) is 45.3 Å². The average molecular weight is 893 g/mol. The molecule has 0 saturated carbocycles. The Morgan fingerprint density at radius 1 is 0.243 bits per heavy atom. The van der Waals surface area contributed by atoms with E-state index in [9.17, 15) is 0 Å². The molecule has 6 heterocycles. The Bertz CT molecular complexity index is 4140. The highest BCUT2D eigenvalue weighted by Gasteiger charge is 2.33. The normalized spacial score (nSPS) is 12.0. The number of hydrogen-bond acceptors (Lipinski definition) is 2. The molecule has 0 aliphatic carbocycles. The maximum Gasteiger partial charge on any atom is 0.165 e. The van der Waals surface area contributed by atoms with E-state index >= 15 is 0 Å². The number of nitrogens with zero attached hydrogens (tertiary/aromatic N) is 6. The van der Waals surface area contributed by atoms with Crippen molar-refractivity contribution in [2.75, 3.05) is 0 Å². The summed E-state index contributed by atoms with van der Waals surface area (Å²) in [6, 6.07) is 83.7. The molecule has 0 aliphatic heterocycles. The minimum Gasteiger partial charge on any atom is -0.305 e. The second-order valence-corrected chi connectivity index (χ2v) is 18.1. The van der Waals surface area contributed by atoms with E-state index in [1.165, 1.54) is 21.5 Å². The molecule has 70 heavy (non-hydrogen) atoms. The molecule has 0 amide bonds. The van der Waals surface area contributed by atoms with Gasteiger partial charge in [0.1, 0.15) is 11.4 Å². The van der Waals surface area contributed by atoms with Gasteiger partial charge >= 0.3 is 0 Å². The Hall–Kier alpha value is -9.52. The number of rotatable bonds is 6. The zero-order valence-electron chi connectivity index (χ0n) is 37.8. The molecular formula is C64H40N6. The summed E-state index contributed by atoms with van der Waals surface area (Å²) in [6.45, 7) is 0. The molecule has 0 fully saturated rings. The van der Waals surface area contributed by atoms with E-state index in [1.807, 2.05) is 12.4 Å². The molecule has 6 nitrogen and oxygen atoms in total. The summed E-state index contributed by atoms with van der Waals surface area (Å²) >= 11 is 0. The van der Waals surface area contributed by atoms with Crippen molar-refractivity contribution in [1.82, 2.24) is 28.2 Å². The summed E-state index contributed by atoms with van der Waals surface area (Å²) in [4.78, 5) is 10.9. The lowest BCUT2D eigenvalue weighted by Crippen LogP contribution is -2.16. The average Bonchev–Trinajstić information content (AvgIpc) is 4.16. The SMILES string of the molecule is c1ccc(-c2c(-n3c4ccccc4c4ccccc43)c(-n3c4ccccc4c4ccccc43)nc(-n3c4ccccc4c4ccccc43)c2-n2c3ccccc3c3ccccc32)c(-c2ccncc2)c1. The zero-order chi connectivity index (χ0) is 45.9. The molecule has 0 bridgehead atoms. The van der Waals surface area contributed by atoms with Crippen molar-refractivity contribution in [2.24, 2.45) is 0 Å². The molecule has 0 saturated heterocycles. The van der Waals surface area contributed by atoms with Crippen molar-refractivity contribution in [1.29, 1.82) is 0 Å². The molecule has 6 aromatic heterocycles. The first kappa shape index (κ1) is 38.6. The Morgan fingerprint density at radius 2 is 0.500 bits per heavy atom. The number of hydrogen-bond donors (Lipinski definition) is 0. The summed E-state index contributed by atoms with van der Waals surface area (Å²) in [5, 5.41) is 9.34. The van der Waals surface area contributed by atoms with Gasteiger partial charge in [0.2, 0.25) is 0 Å². The van der Waals surface area contributed by atoms with Crippen molar-refractivity contribution in [3.05, 3.63) is 243 Å². The number of pyridine rings is 2. The molecule has 0 N–H and O–H groups in total.